The number of likely N-dealkylation sites (N-methyl/N-ethyl adjacent to an activating group) is 1. The summed E-state index contributed by atoms with van der Waals surface area (Å²) in [7, 11) is 3.95. The zero-order chi connectivity index (χ0) is 27.9. The Morgan fingerprint density at radius 2 is 1.88 bits per heavy atom. The van der Waals surface area contributed by atoms with Crippen LogP contribution in [0.15, 0.2) is 73.1 Å². The number of carbonyl (C=O) groups is 1. The molecule has 0 unspecified atom stereocenters. The quantitative estimate of drug-likeness (QED) is 0.235. The van der Waals surface area contributed by atoms with Gasteiger partial charge in [-0.2, -0.15) is 0 Å². The van der Waals surface area contributed by atoms with Crippen LogP contribution < -0.4 is 10.6 Å². The molecule has 208 valence electrons. The van der Waals surface area contributed by atoms with Crippen molar-refractivity contribution in [2.75, 3.05) is 39.0 Å². The maximum Gasteiger partial charge on any atom is 0.243 e. The molecule has 0 bridgehead atoms. The number of aromatic amines is 1. The fourth-order valence-corrected chi connectivity index (χ4v) is 5.14. The lowest BCUT2D eigenvalue weighted by molar-refractivity contribution is -0.116. The zero-order valence-electron chi connectivity index (χ0n) is 23.0. The molecule has 0 radical (unpaired) electrons. The van der Waals surface area contributed by atoms with Crippen LogP contribution in [0.5, 0.6) is 0 Å². The number of nitrogens with one attached hydrogen (secondary N) is 3. The average Bonchev–Trinajstić information content (AvgIpc) is 3.39. The first-order valence-corrected chi connectivity index (χ1v) is 14.1. The number of carbonyl (C=O) groups excluding carboxylic acids is 1. The summed E-state index contributed by atoms with van der Waals surface area (Å²) in [6.45, 7) is 4.18. The van der Waals surface area contributed by atoms with Gasteiger partial charge in [-0.05, 0) is 44.1 Å². The molecule has 2 aromatic carbocycles. The van der Waals surface area contributed by atoms with Gasteiger partial charge in [-0.25, -0.2) is 9.97 Å². The fourth-order valence-electron chi connectivity index (χ4n) is 4.95. The highest BCUT2D eigenvalue weighted by Crippen LogP contribution is 2.32. The van der Waals surface area contributed by atoms with E-state index in [2.05, 4.69) is 55.8 Å². The number of H-pyrrole nitrogens is 1. The van der Waals surface area contributed by atoms with Gasteiger partial charge in [0.2, 0.25) is 11.9 Å². The third-order valence-corrected chi connectivity index (χ3v) is 7.42. The Morgan fingerprint density at radius 1 is 1.12 bits per heavy atom. The summed E-state index contributed by atoms with van der Waals surface area (Å²) in [5.41, 5.74) is 5.13. The highest BCUT2D eigenvalue weighted by Gasteiger charge is 2.21. The molecule has 1 amide bonds. The highest BCUT2D eigenvalue weighted by atomic mass is 35.5. The number of benzene rings is 2. The van der Waals surface area contributed by atoms with Crippen molar-refractivity contribution >= 4 is 34.4 Å². The Bertz CT molecular complexity index is 1460. The van der Waals surface area contributed by atoms with E-state index in [1.165, 1.54) is 5.56 Å². The van der Waals surface area contributed by atoms with Crippen LogP contribution in [0.25, 0.3) is 22.2 Å². The molecule has 0 atom stereocenters. The van der Waals surface area contributed by atoms with E-state index in [1.54, 1.807) is 12.3 Å². The Hall–Kier alpha value is -3.72. The summed E-state index contributed by atoms with van der Waals surface area (Å²) >= 11 is 6.50. The number of aromatic nitrogens is 3. The Kier molecular flexibility index (Phi) is 9.11. The maximum atomic E-state index is 12.0. The smallest absolute Gasteiger partial charge is 0.243 e. The van der Waals surface area contributed by atoms with Gasteiger partial charge in [-0.3, -0.25) is 9.69 Å². The molecule has 1 aliphatic rings. The average molecular weight is 558 g/mol. The van der Waals surface area contributed by atoms with E-state index in [-0.39, 0.29) is 5.91 Å². The minimum Gasteiger partial charge on any atom is -0.360 e. The molecule has 4 aromatic rings. The third kappa shape index (κ3) is 7.27. The molecule has 0 saturated carbocycles. The van der Waals surface area contributed by atoms with Gasteiger partial charge in [0.05, 0.1) is 16.9 Å². The van der Waals surface area contributed by atoms with Crippen molar-refractivity contribution < 1.29 is 4.79 Å². The summed E-state index contributed by atoms with van der Waals surface area (Å²) in [6, 6.07) is 16.9. The van der Waals surface area contributed by atoms with Crippen molar-refractivity contribution in [1.29, 1.82) is 0 Å². The van der Waals surface area contributed by atoms with Crippen LogP contribution in [0.3, 0.4) is 0 Å². The van der Waals surface area contributed by atoms with Gasteiger partial charge in [0.1, 0.15) is 0 Å². The summed E-state index contributed by atoms with van der Waals surface area (Å²) in [6.07, 6.45) is 9.12. The van der Waals surface area contributed by atoms with Crippen LogP contribution in [0, 0.1) is 0 Å². The highest BCUT2D eigenvalue weighted by molar-refractivity contribution is 6.33. The number of piperidine rings is 1. The fraction of sp³-hybridized carbons (Fsp3) is 0.323. The van der Waals surface area contributed by atoms with Crippen LogP contribution in [0.2, 0.25) is 5.02 Å². The molecule has 8 nitrogen and oxygen atoms in total. The minimum atomic E-state index is -0.0689. The standard InChI is InChI=1S/C31H36ClN7O/c1-38(2)15-5-8-29(40)34-18-22-9-11-23(12-10-22)21-39-16-13-24(14-17-39)36-31-35-20-27(32)30(37-31)26-19-33-28-7-4-3-6-25(26)28/h3-12,19-20,24,33H,13-18,21H2,1-2H3,(H,34,40)(H,35,36,37)/b8-5+. The van der Waals surface area contributed by atoms with Crippen LogP contribution in [0.1, 0.15) is 24.0 Å². The Balaban J connectivity index is 1.10. The van der Waals surface area contributed by atoms with E-state index in [1.807, 2.05) is 49.5 Å². The van der Waals surface area contributed by atoms with Gasteiger partial charge in [0.15, 0.2) is 0 Å². The molecule has 3 N–H and O–H groups in total. The topological polar surface area (TPSA) is 89.2 Å². The molecule has 3 heterocycles. The SMILES string of the molecule is CN(C)C/C=C/C(=O)NCc1ccc(CN2CCC(Nc3ncc(Cl)c(-c4c[nH]c5ccccc45)n3)CC2)cc1. The number of rotatable bonds is 10. The number of likely N-dealkylation sites (tertiary alicyclic amines) is 1. The van der Waals surface area contributed by atoms with Crippen molar-refractivity contribution in [1.82, 2.24) is 30.1 Å². The largest absolute Gasteiger partial charge is 0.360 e. The number of halogens is 1. The van der Waals surface area contributed by atoms with Crippen molar-refractivity contribution in [3.63, 3.8) is 0 Å². The Morgan fingerprint density at radius 3 is 2.65 bits per heavy atom. The molecule has 1 aliphatic heterocycles. The first-order valence-electron chi connectivity index (χ1n) is 13.7. The van der Waals surface area contributed by atoms with Crippen molar-refractivity contribution in [2.45, 2.75) is 32.0 Å². The first kappa shape index (κ1) is 27.8. The predicted octanol–water partition coefficient (Wildman–Crippen LogP) is 5.09. The zero-order valence-corrected chi connectivity index (χ0v) is 23.8. The molecule has 9 heteroatoms. The van der Waals surface area contributed by atoms with Crippen LogP contribution in [-0.4, -0.2) is 70.4 Å². The van der Waals surface area contributed by atoms with Gasteiger partial charge < -0.3 is 20.5 Å². The van der Waals surface area contributed by atoms with Crippen molar-refractivity contribution in [3.05, 3.63) is 89.2 Å². The van der Waals surface area contributed by atoms with Gasteiger partial charge in [-0.1, -0.05) is 60.1 Å². The number of para-hydroxylation sites is 1. The number of amides is 1. The molecular formula is C31H36ClN7O. The van der Waals surface area contributed by atoms with Gasteiger partial charge in [0.25, 0.3) is 0 Å². The van der Waals surface area contributed by atoms with E-state index in [9.17, 15) is 4.79 Å². The van der Waals surface area contributed by atoms with Gasteiger partial charge >= 0.3 is 0 Å². The summed E-state index contributed by atoms with van der Waals surface area (Å²) in [5, 5.41) is 8.10. The molecule has 5 rings (SSSR count). The van der Waals surface area contributed by atoms with E-state index < -0.39 is 0 Å². The van der Waals surface area contributed by atoms with Crippen LogP contribution in [-0.2, 0) is 17.9 Å². The van der Waals surface area contributed by atoms with Crippen LogP contribution >= 0.6 is 11.6 Å². The lowest BCUT2D eigenvalue weighted by Crippen LogP contribution is -2.39. The van der Waals surface area contributed by atoms with Crippen LogP contribution in [0.4, 0.5) is 5.95 Å². The van der Waals surface area contributed by atoms with Crippen molar-refractivity contribution in [2.24, 2.45) is 0 Å². The van der Waals surface area contributed by atoms with E-state index in [0.29, 0.717) is 23.6 Å². The minimum absolute atomic E-state index is 0.0689. The predicted molar refractivity (Wildman–Crippen MR) is 162 cm³/mol. The molecular weight excluding hydrogens is 522 g/mol. The second-order valence-electron chi connectivity index (χ2n) is 10.5. The van der Waals surface area contributed by atoms with E-state index in [0.717, 1.165) is 66.7 Å². The molecule has 2 aromatic heterocycles. The van der Waals surface area contributed by atoms with E-state index in [4.69, 9.17) is 16.6 Å². The maximum absolute atomic E-state index is 12.0. The number of nitrogens with zero attached hydrogens (tertiary/aromatic N) is 4. The number of anilines is 1. The van der Waals surface area contributed by atoms with Gasteiger partial charge in [0, 0.05) is 67.5 Å². The summed E-state index contributed by atoms with van der Waals surface area (Å²) in [5.74, 6) is 0.541. The molecule has 0 spiro atoms. The normalized spacial score (nSPS) is 14.8. The summed E-state index contributed by atoms with van der Waals surface area (Å²) < 4.78 is 0. The second-order valence-corrected chi connectivity index (χ2v) is 10.9. The first-order chi connectivity index (χ1) is 19.4. The lowest BCUT2D eigenvalue weighted by atomic mass is 10.0. The van der Waals surface area contributed by atoms with Gasteiger partial charge in [-0.15, -0.1) is 0 Å². The van der Waals surface area contributed by atoms with E-state index >= 15 is 0 Å². The van der Waals surface area contributed by atoms with Crippen molar-refractivity contribution in [3.8, 4) is 11.3 Å². The monoisotopic (exact) mass is 557 g/mol. The molecule has 40 heavy (non-hydrogen) atoms. The second kappa shape index (κ2) is 13.1. The summed E-state index contributed by atoms with van der Waals surface area (Å²) in [4.78, 5) is 29.0. The number of fused-ring (bicyclic) bond motifs is 1. The molecule has 1 fully saturated rings. The number of hydrogen-bond acceptors (Lipinski definition) is 6. The number of hydrogen-bond donors (Lipinski definition) is 3. The molecule has 1 saturated heterocycles. The lowest BCUT2D eigenvalue weighted by Gasteiger charge is -2.32. The Labute approximate surface area is 240 Å². The molecule has 0 aliphatic carbocycles. The third-order valence-electron chi connectivity index (χ3n) is 7.14.